The van der Waals surface area contributed by atoms with Gasteiger partial charge in [-0.1, -0.05) is 54.6 Å². The summed E-state index contributed by atoms with van der Waals surface area (Å²) in [4.78, 5) is 14.8. The van der Waals surface area contributed by atoms with Crippen LogP contribution in [0.15, 0.2) is 158 Å². The summed E-state index contributed by atoms with van der Waals surface area (Å²) in [6.45, 7) is 0. The largest absolute Gasteiger partial charge is 0.482 e. The van der Waals surface area contributed by atoms with Gasteiger partial charge in [0, 0.05) is 22.5 Å². The first-order valence-electron chi connectivity index (χ1n) is 17.2. The molecule has 0 saturated carbocycles. The number of aromatic nitrogens is 2. The zero-order valence-electron chi connectivity index (χ0n) is 27.6. The Balaban J connectivity index is 0.878. The lowest BCUT2D eigenvalue weighted by Gasteiger charge is -2.42. The lowest BCUT2D eigenvalue weighted by Crippen LogP contribution is -2.46. The summed E-state index contributed by atoms with van der Waals surface area (Å²) in [5.74, 6) is 2.59. The van der Waals surface area contributed by atoms with Crippen molar-refractivity contribution in [1.82, 2.24) is 9.97 Å². The van der Waals surface area contributed by atoms with Gasteiger partial charge in [0.1, 0.15) is 21.9 Å². The smallest absolute Gasteiger partial charge is 0.151 e. The molecule has 0 bridgehead atoms. The van der Waals surface area contributed by atoms with Crippen LogP contribution in [-0.2, 0) is 0 Å². The number of para-hydroxylation sites is 6. The molecular formula is C44H28N4O2S2. The zero-order valence-corrected chi connectivity index (χ0v) is 29.2. The molecule has 6 aromatic carbocycles. The van der Waals surface area contributed by atoms with E-state index in [2.05, 4.69) is 119 Å². The zero-order chi connectivity index (χ0) is 34.2. The molecule has 6 nitrogen and oxygen atoms in total. The van der Waals surface area contributed by atoms with Crippen LogP contribution in [0.3, 0.4) is 0 Å². The Morgan fingerprint density at radius 3 is 1.65 bits per heavy atom. The van der Waals surface area contributed by atoms with Crippen LogP contribution in [-0.4, -0.2) is 22.1 Å². The van der Waals surface area contributed by atoms with Gasteiger partial charge in [-0.3, -0.25) is 0 Å². The monoisotopic (exact) mass is 708 g/mol. The van der Waals surface area contributed by atoms with Gasteiger partial charge in [-0.15, -0.1) is 22.7 Å². The molecule has 52 heavy (non-hydrogen) atoms. The van der Waals surface area contributed by atoms with E-state index >= 15 is 0 Å². The second-order valence-corrected chi connectivity index (χ2v) is 15.0. The molecule has 0 saturated heterocycles. The number of thiazole rings is 2. The van der Waals surface area contributed by atoms with Crippen molar-refractivity contribution in [2.24, 2.45) is 0 Å². The van der Waals surface area contributed by atoms with Crippen LogP contribution < -0.4 is 19.3 Å². The molecular weight excluding hydrogens is 681 g/mol. The number of anilines is 5. The van der Waals surface area contributed by atoms with Crippen LogP contribution in [0.5, 0.6) is 17.2 Å². The van der Waals surface area contributed by atoms with Gasteiger partial charge in [-0.05, 0) is 103 Å². The third kappa shape index (κ3) is 4.76. The molecule has 2 atom stereocenters. The number of hydrogen-bond donors (Lipinski definition) is 0. The molecule has 0 N–H and O–H groups in total. The maximum Gasteiger partial charge on any atom is 0.151 e. The van der Waals surface area contributed by atoms with E-state index in [1.54, 1.807) is 22.7 Å². The average Bonchev–Trinajstić information content (AvgIpc) is 3.82. The Labute approximate surface area is 307 Å². The molecule has 0 radical (unpaired) electrons. The van der Waals surface area contributed by atoms with Crippen LogP contribution in [0.2, 0.25) is 0 Å². The standard InChI is InChI=1S/C44H28N4O2S2/c1-5-13-37-33(9-1)47(34-10-2-6-14-38(34)49-37)29-21-17-27(18-22-29)43-45-31-25-42-32(26-41(31)51-43)46-44(52-42)28-19-23-30(24-20-28)48-35-11-3-7-15-39(35)50-40-16-8-4-12-36(40)48/h1-26,33,37H. The van der Waals surface area contributed by atoms with Crippen molar-refractivity contribution in [2.75, 3.05) is 9.80 Å². The Kier molecular flexibility index (Phi) is 6.62. The van der Waals surface area contributed by atoms with Gasteiger partial charge in [0.2, 0.25) is 0 Å². The molecule has 0 spiro atoms. The lowest BCUT2D eigenvalue weighted by molar-refractivity contribution is 0.218. The third-order valence-corrected chi connectivity index (χ3v) is 12.0. The summed E-state index contributed by atoms with van der Waals surface area (Å²) < 4.78 is 14.8. The normalized spacial score (nSPS) is 16.9. The first-order valence-corrected chi connectivity index (χ1v) is 18.8. The summed E-state index contributed by atoms with van der Waals surface area (Å²) in [6.07, 6.45) is 8.48. The predicted molar refractivity (Wildman–Crippen MR) is 213 cm³/mol. The first-order chi connectivity index (χ1) is 25.7. The molecule has 1 aliphatic carbocycles. The quantitative estimate of drug-likeness (QED) is 0.181. The second kappa shape index (κ2) is 11.7. The summed E-state index contributed by atoms with van der Waals surface area (Å²) in [5.41, 5.74) is 9.49. The molecule has 0 fully saturated rings. The maximum atomic E-state index is 6.32. The minimum Gasteiger partial charge on any atom is -0.482 e. The molecule has 3 aliphatic rings. The van der Waals surface area contributed by atoms with Crippen molar-refractivity contribution in [2.45, 2.75) is 12.1 Å². The van der Waals surface area contributed by atoms with Crippen molar-refractivity contribution in [3.05, 3.63) is 158 Å². The Bertz CT molecular complexity index is 2630. The van der Waals surface area contributed by atoms with Crippen molar-refractivity contribution in [3.8, 4) is 38.4 Å². The van der Waals surface area contributed by atoms with Gasteiger partial charge in [-0.2, -0.15) is 0 Å². The highest BCUT2D eigenvalue weighted by Gasteiger charge is 2.34. The first kappa shape index (κ1) is 29.5. The summed E-state index contributed by atoms with van der Waals surface area (Å²) in [6, 6.07) is 46.4. The Morgan fingerprint density at radius 2 is 1.04 bits per heavy atom. The molecule has 2 unspecified atom stereocenters. The van der Waals surface area contributed by atoms with Gasteiger partial charge in [0.15, 0.2) is 11.5 Å². The van der Waals surface area contributed by atoms with Crippen molar-refractivity contribution < 1.29 is 9.47 Å². The summed E-state index contributed by atoms with van der Waals surface area (Å²) in [7, 11) is 0. The van der Waals surface area contributed by atoms with Crippen LogP contribution in [0.1, 0.15) is 0 Å². The Morgan fingerprint density at radius 1 is 0.519 bits per heavy atom. The minimum absolute atomic E-state index is 0.0300. The number of nitrogens with zero attached hydrogens (tertiary/aromatic N) is 4. The van der Waals surface area contributed by atoms with Crippen molar-refractivity contribution in [1.29, 1.82) is 0 Å². The number of allylic oxidation sites excluding steroid dienone is 2. The molecule has 248 valence electrons. The highest BCUT2D eigenvalue weighted by Crippen LogP contribution is 2.50. The van der Waals surface area contributed by atoms with Crippen molar-refractivity contribution >= 4 is 71.5 Å². The van der Waals surface area contributed by atoms with E-state index in [1.165, 1.54) is 0 Å². The average molecular weight is 709 g/mol. The van der Waals surface area contributed by atoms with Crippen LogP contribution in [0.4, 0.5) is 28.4 Å². The van der Waals surface area contributed by atoms with Gasteiger partial charge in [-0.25, -0.2) is 9.97 Å². The van der Waals surface area contributed by atoms with E-state index in [9.17, 15) is 0 Å². The second-order valence-electron chi connectivity index (χ2n) is 13.0. The Hall–Kier alpha value is -6.22. The summed E-state index contributed by atoms with van der Waals surface area (Å²) in [5, 5.41) is 2.00. The van der Waals surface area contributed by atoms with Gasteiger partial charge in [0.25, 0.3) is 0 Å². The molecule has 2 aliphatic heterocycles. The van der Waals surface area contributed by atoms with Crippen molar-refractivity contribution in [3.63, 3.8) is 0 Å². The maximum absolute atomic E-state index is 6.32. The van der Waals surface area contributed by atoms with E-state index in [0.717, 1.165) is 87.3 Å². The van der Waals surface area contributed by atoms with E-state index in [1.807, 2.05) is 48.5 Å². The summed E-state index contributed by atoms with van der Waals surface area (Å²) >= 11 is 3.41. The van der Waals surface area contributed by atoms with Crippen LogP contribution in [0.25, 0.3) is 41.6 Å². The van der Waals surface area contributed by atoms with Gasteiger partial charge < -0.3 is 19.3 Å². The molecule has 8 aromatic rings. The number of benzene rings is 6. The highest BCUT2D eigenvalue weighted by molar-refractivity contribution is 7.23. The number of hydrogen-bond acceptors (Lipinski definition) is 8. The van der Waals surface area contributed by atoms with E-state index in [4.69, 9.17) is 19.4 Å². The molecule has 2 aromatic heterocycles. The third-order valence-electron chi connectivity index (χ3n) is 9.84. The topological polar surface area (TPSA) is 50.7 Å². The van der Waals surface area contributed by atoms with E-state index in [-0.39, 0.29) is 12.1 Å². The number of ether oxygens (including phenoxy) is 2. The minimum atomic E-state index is -0.0300. The molecule has 8 heteroatoms. The highest BCUT2D eigenvalue weighted by atomic mass is 32.1. The van der Waals surface area contributed by atoms with E-state index in [0.29, 0.717) is 0 Å². The van der Waals surface area contributed by atoms with Crippen LogP contribution >= 0.6 is 22.7 Å². The molecule has 0 amide bonds. The van der Waals surface area contributed by atoms with E-state index < -0.39 is 0 Å². The fraction of sp³-hybridized carbons (Fsp3) is 0.0455. The fourth-order valence-corrected chi connectivity index (χ4v) is 9.36. The molecule has 11 rings (SSSR count). The fourth-order valence-electron chi connectivity index (χ4n) is 7.39. The molecule has 4 heterocycles. The van der Waals surface area contributed by atoms with Crippen LogP contribution in [0, 0.1) is 0 Å². The van der Waals surface area contributed by atoms with Gasteiger partial charge >= 0.3 is 0 Å². The number of fused-ring (bicyclic) bond motifs is 6. The lowest BCUT2D eigenvalue weighted by atomic mass is 9.99. The number of rotatable bonds is 4. The van der Waals surface area contributed by atoms with Gasteiger partial charge in [0.05, 0.1) is 43.5 Å². The predicted octanol–water partition coefficient (Wildman–Crippen LogP) is 12.2. The SMILES string of the molecule is C1=CC2Oc3ccccc3N(c3ccc(-c4nc5cc6sc(-c7ccc(N8c9ccccc9Oc9ccccc98)cc7)nc6cc5s4)cc3)C2C=C1.